The van der Waals surface area contributed by atoms with Crippen molar-refractivity contribution in [1.29, 1.82) is 0 Å². The minimum absolute atomic E-state index is 0.0524. The Bertz CT molecular complexity index is 706. The lowest BCUT2D eigenvalue weighted by Crippen LogP contribution is -2.39. The molecule has 1 aliphatic heterocycles. The van der Waals surface area contributed by atoms with E-state index in [1.165, 1.54) is 6.07 Å². The van der Waals surface area contributed by atoms with Gasteiger partial charge in [0.15, 0.2) is 0 Å². The van der Waals surface area contributed by atoms with Gasteiger partial charge in [-0.3, -0.25) is 0 Å². The fourth-order valence-corrected chi connectivity index (χ4v) is 3.87. The maximum absolute atomic E-state index is 13.0. The number of piperidine rings is 1. The zero-order valence-corrected chi connectivity index (χ0v) is 15.7. The van der Waals surface area contributed by atoms with Crippen LogP contribution in [0.2, 0.25) is 0 Å². The van der Waals surface area contributed by atoms with Gasteiger partial charge in [0.1, 0.15) is 0 Å². The first-order valence-corrected chi connectivity index (χ1v) is 9.28. The summed E-state index contributed by atoms with van der Waals surface area (Å²) in [5.41, 5.74) is 1.07. The SMILES string of the molecule is FC(F)(F)c1cc(I)cc(COC2CCCNC2c2ccccc2)c1. The van der Waals surface area contributed by atoms with E-state index >= 15 is 0 Å². The van der Waals surface area contributed by atoms with Crippen LogP contribution in [0.3, 0.4) is 0 Å². The Morgan fingerprint density at radius 1 is 1.12 bits per heavy atom. The van der Waals surface area contributed by atoms with Crippen LogP contribution in [0.15, 0.2) is 48.5 Å². The number of benzene rings is 2. The van der Waals surface area contributed by atoms with Crippen LogP contribution in [0.4, 0.5) is 13.2 Å². The molecule has 3 rings (SSSR count). The van der Waals surface area contributed by atoms with Gasteiger partial charge in [0.2, 0.25) is 0 Å². The molecule has 0 aliphatic carbocycles. The highest BCUT2D eigenvalue weighted by Crippen LogP contribution is 2.32. The summed E-state index contributed by atoms with van der Waals surface area (Å²) in [4.78, 5) is 0. The van der Waals surface area contributed by atoms with Crippen LogP contribution in [-0.2, 0) is 17.5 Å². The Hall–Kier alpha value is -1.12. The van der Waals surface area contributed by atoms with E-state index < -0.39 is 11.7 Å². The lowest BCUT2D eigenvalue weighted by atomic mass is 9.94. The molecule has 2 aromatic rings. The number of nitrogens with one attached hydrogen (secondary N) is 1. The van der Waals surface area contributed by atoms with E-state index in [1.807, 2.05) is 52.9 Å². The predicted molar refractivity (Wildman–Crippen MR) is 99.2 cm³/mol. The lowest BCUT2D eigenvalue weighted by molar-refractivity contribution is -0.137. The van der Waals surface area contributed by atoms with Crippen molar-refractivity contribution in [2.24, 2.45) is 0 Å². The first kappa shape index (κ1) is 18.7. The molecule has 1 N–H and O–H groups in total. The van der Waals surface area contributed by atoms with Crippen LogP contribution in [0.5, 0.6) is 0 Å². The van der Waals surface area contributed by atoms with E-state index in [-0.39, 0.29) is 18.8 Å². The topological polar surface area (TPSA) is 21.3 Å². The Balaban J connectivity index is 1.72. The molecule has 1 heterocycles. The zero-order chi connectivity index (χ0) is 17.9. The standard InChI is InChI=1S/C19H19F3INO/c20-19(21,22)15-9-13(10-16(23)11-15)12-25-17-7-4-8-24-18(17)14-5-2-1-3-6-14/h1-3,5-6,9-11,17-18,24H,4,7-8,12H2. The fourth-order valence-electron chi connectivity index (χ4n) is 3.13. The molecule has 0 bridgehead atoms. The predicted octanol–water partition coefficient (Wildman–Crippen LogP) is 5.32. The highest BCUT2D eigenvalue weighted by atomic mass is 127. The molecular weight excluding hydrogens is 442 g/mol. The number of hydrogen-bond donors (Lipinski definition) is 1. The maximum atomic E-state index is 13.0. The summed E-state index contributed by atoms with van der Waals surface area (Å²) in [5.74, 6) is 0. The van der Waals surface area contributed by atoms with E-state index in [1.54, 1.807) is 6.07 Å². The summed E-state index contributed by atoms with van der Waals surface area (Å²) in [5, 5.41) is 3.46. The maximum Gasteiger partial charge on any atom is 0.416 e. The Kier molecular flexibility index (Phi) is 6.01. The first-order valence-electron chi connectivity index (χ1n) is 8.20. The molecule has 2 atom stereocenters. The van der Waals surface area contributed by atoms with Gasteiger partial charge in [-0.25, -0.2) is 0 Å². The van der Waals surface area contributed by atoms with Crippen molar-refractivity contribution in [3.8, 4) is 0 Å². The molecule has 2 unspecified atom stereocenters. The van der Waals surface area contributed by atoms with Gasteiger partial charge >= 0.3 is 6.18 Å². The monoisotopic (exact) mass is 461 g/mol. The minimum atomic E-state index is -4.34. The average molecular weight is 461 g/mol. The Morgan fingerprint density at radius 2 is 1.88 bits per heavy atom. The third-order valence-electron chi connectivity index (χ3n) is 4.31. The molecule has 6 heteroatoms. The molecule has 0 spiro atoms. The molecule has 134 valence electrons. The smallest absolute Gasteiger partial charge is 0.372 e. The summed E-state index contributed by atoms with van der Waals surface area (Å²) in [6.07, 6.45) is -2.51. The third-order valence-corrected chi connectivity index (χ3v) is 4.93. The van der Waals surface area contributed by atoms with Crippen molar-refractivity contribution < 1.29 is 17.9 Å². The lowest BCUT2D eigenvalue weighted by Gasteiger charge is -2.33. The second kappa shape index (κ2) is 8.05. The Morgan fingerprint density at radius 3 is 2.60 bits per heavy atom. The van der Waals surface area contributed by atoms with E-state index in [4.69, 9.17) is 4.74 Å². The van der Waals surface area contributed by atoms with Crippen molar-refractivity contribution in [1.82, 2.24) is 5.32 Å². The van der Waals surface area contributed by atoms with Crippen molar-refractivity contribution in [3.63, 3.8) is 0 Å². The van der Waals surface area contributed by atoms with Gasteiger partial charge < -0.3 is 10.1 Å². The average Bonchev–Trinajstić information content (AvgIpc) is 2.60. The fraction of sp³-hybridized carbons (Fsp3) is 0.368. The number of ether oxygens (including phenoxy) is 1. The molecule has 2 aromatic carbocycles. The molecule has 0 amide bonds. The normalized spacial score (nSPS) is 21.3. The van der Waals surface area contributed by atoms with Gasteiger partial charge in [-0.2, -0.15) is 13.2 Å². The van der Waals surface area contributed by atoms with Gasteiger partial charge in [-0.1, -0.05) is 30.3 Å². The van der Waals surface area contributed by atoms with E-state index in [0.29, 0.717) is 9.13 Å². The summed E-state index contributed by atoms with van der Waals surface area (Å²) >= 11 is 1.91. The van der Waals surface area contributed by atoms with Gasteiger partial charge in [0.05, 0.1) is 24.3 Å². The largest absolute Gasteiger partial charge is 0.416 e. The zero-order valence-electron chi connectivity index (χ0n) is 13.5. The van der Waals surface area contributed by atoms with Gasteiger partial charge in [0, 0.05) is 3.57 Å². The van der Waals surface area contributed by atoms with Crippen LogP contribution in [0, 0.1) is 3.57 Å². The van der Waals surface area contributed by atoms with Gasteiger partial charge in [-0.15, -0.1) is 0 Å². The quantitative estimate of drug-likeness (QED) is 0.623. The molecule has 1 fully saturated rings. The summed E-state index contributed by atoms with van der Waals surface area (Å²) < 4.78 is 45.5. The highest BCUT2D eigenvalue weighted by molar-refractivity contribution is 14.1. The number of hydrogen-bond acceptors (Lipinski definition) is 2. The number of halogens is 4. The van der Waals surface area contributed by atoms with Gasteiger partial charge in [0.25, 0.3) is 0 Å². The summed E-state index contributed by atoms with van der Waals surface area (Å²) in [6, 6.07) is 14.2. The van der Waals surface area contributed by atoms with Crippen LogP contribution in [0.1, 0.15) is 35.6 Å². The molecule has 0 radical (unpaired) electrons. The van der Waals surface area contributed by atoms with Crippen LogP contribution in [0.25, 0.3) is 0 Å². The number of rotatable bonds is 4. The van der Waals surface area contributed by atoms with Crippen molar-refractivity contribution in [2.45, 2.75) is 37.8 Å². The first-order chi connectivity index (χ1) is 11.9. The molecule has 0 saturated carbocycles. The highest BCUT2D eigenvalue weighted by Gasteiger charge is 2.31. The second-order valence-electron chi connectivity index (χ2n) is 6.18. The van der Waals surface area contributed by atoms with E-state index in [0.717, 1.165) is 31.0 Å². The van der Waals surface area contributed by atoms with E-state index in [9.17, 15) is 13.2 Å². The van der Waals surface area contributed by atoms with Crippen LogP contribution >= 0.6 is 22.6 Å². The molecule has 0 aromatic heterocycles. The molecule has 2 nitrogen and oxygen atoms in total. The van der Waals surface area contributed by atoms with Crippen LogP contribution in [-0.4, -0.2) is 12.6 Å². The summed E-state index contributed by atoms with van der Waals surface area (Å²) in [6.45, 7) is 1.09. The van der Waals surface area contributed by atoms with Crippen molar-refractivity contribution in [3.05, 3.63) is 68.8 Å². The van der Waals surface area contributed by atoms with Gasteiger partial charge in [-0.05, 0) is 71.3 Å². The third kappa shape index (κ3) is 4.95. The second-order valence-corrected chi connectivity index (χ2v) is 7.43. The van der Waals surface area contributed by atoms with Crippen molar-refractivity contribution in [2.75, 3.05) is 6.54 Å². The summed E-state index contributed by atoms with van der Waals surface area (Å²) in [7, 11) is 0. The van der Waals surface area contributed by atoms with E-state index in [2.05, 4.69) is 5.32 Å². The van der Waals surface area contributed by atoms with Crippen LogP contribution < -0.4 is 5.32 Å². The number of alkyl halides is 3. The van der Waals surface area contributed by atoms with Crippen molar-refractivity contribution >= 4 is 22.6 Å². The molecule has 1 aliphatic rings. The molecule has 1 saturated heterocycles. The Labute approximate surface area is 158 Å². The molecular formula is C19H19F3INO. The molecule has 25 heavy (non-hydrogen) atoms. The minimum Gasteiger partial charge on any atom is -0.372 e.